The molecule has 0 N–H and O–H groups in total. The molecule has 0 spiro atoms. The molecule has 3 rings (SSSR count). The minimum absolute atomic E-state index is 0.0921. The molecule has 23 heavy (non-hydrogen) atoms. The standard InChI is InChI=1S/C19H19FO3/c1-2-22-19(21)15-8-11-18(17(20)12-15)23-16-9-6-14(7-10-16)13-4-3-5-13/h6-13H,2-5H2,1H3. The van der Waals surface area contributed by atoms with Gasteiger partial charge in [0, 0.05) is 0 Å². The molecular formula is C19H19FO3. The van der Waals surface area contributed by atoms with Crippen LogP contribution in [0.1, 0.15) is 48.0 Å². The molecule has 0 atom stereocenters. The molecule has 0 bridgehead atoms. The van der Waals surface area contributed by atoms with Crippen LogP contribution in [0.5, 0.6) is 11.5 Å². The summed E-state index contributed by atoms with van der Waals surface area (Å²) in [6.07, 6.45) is 3.77. The Morgan fingerprint density at radius 3 is 2.48 bits per heavy atom. The van der Waals surface area contributed by atoms with E-state index >= 15 is 0 Å². The Morgan fingerprint density at radius 1 is 1.17 bits per heavy atom. The Hall–Kier alpha value is -2.36. The SMILES string of the molecule is CCOC(=O)c1ccc(Oc2ccc(C3CCC3)cc2)c(F)c1. The summed E-state index contributed by atoms with van der Waals surface area (Å²) in [6.45, 7) is 1.96. The second kappa shape index (κ2) is 6.82. The summed E-state index contributed by atoms with van der Waals surface area (Å²) in [7, 11) is 0. The number of halogens is 1. The monoisotopic (exact) mass is 314 g/mol. The van der Waals surface area contributed by atoms with Gasteiger partial charge in [0.25, 0.3) is 0 Å². The van der Waals surface area contributed by atoms with Gasteiger partial charge in [-0.15, -0.1) is 0 Å². The van der Waals surface area contributed by atoms with Gasteiger partial charge in [-0.2, -0.15) is 0 Å². The normalized spacial score (nSPS) is 14.2. The molecule has 1 aliphatic rings. The third-order valence-electron chi connectivity index (χ3n) is 4.13. The Kier molecular flexibility index (Phi) is 4.60. The number of carbonyl (C=O) groups excluding carboxylic acids is 1. The van der Waals surface area contributed by atoms with Gasteiger partial charge in [0.1, 0.15) is 5.75 Å². The summed E-state index contributed by atoms with van der Waals surface area (Å²) < 4.78 is 24.5. The zero-order chi connectivity index (χ0) is 16.2. The van der Waals surface area contributed by atoms with Gasteiger partial charge in [-0.3, -0.25) is 0 Å². The molecule has 120 valence electrons. The smallest absolute Gasteiger partial charge is 0.338 e. The maximum atomic E-state index is 14.1. The molecule has 3 nitrogen and oxygen atoms in total. The van der Waals surface area contributed by atoms with Gasteiger partial charge < -0.3 is 9.47 Å². The summed E-state index contributed by atoms with van der Waals surface area (Å²) in [6, 6.07) is 11.9. The molecule has 0 unspecified atom stereocenters. The largest absolute Gasteiger partial charge is 0.462 e. The van der Waals surface area contributed by atoms with Gasteiger partial charge in [0.2, 0.25) is 0 Å². The topological polar surface area (TPSA) is 35.5 Å². The van der Waals surface area contributed by atoms with Gasteiger partial charge in [-0.1, -0.05) is 18.6 Å². The Morgan fingerprint density at radius 2 is 1.91 bits per heavy atom. The first-order valence-corrected chi connectivity index (χ1v) is 7.92. The van der Waals surface area contributed by atoms with Crippen molar-refractivity contribution in [2.24, 2.45) is 0 Å². The maximum absolute atomic E-state index is 14.1. The van der Waals surface area contributed by atoms with Crippen LogP contribution in [0.2, 0.25) is 0 Å². The number of rotatable bonds is 5. The molecule has 0 saturated heterocycles. The lowest BCUT2D eigenvalue weighted by Gasteiger charge is -2.25. The van der Waals surface area contributed by atoms with Crippen molar-refractivity contribution in [1.29, 1.82) is 0 Å². The fourth-order valence-corrected chi connectivity index (χ4v) is 2.60. The van der Waals surface area contributed by atoms with E-state index in [0.29, 0.717) is 11.7 Å². The summed E-state index contributed by atoms with van der Waals surface area (Å²) in [5.74, 6) is 0.205. The lowest BCUT2D eigenvalue weighted by Crippen LogP contribution is -2.08. The van der Waals surface area contributed by atoms with Crippen LogP contribution in [-0.2, 0) is 4.74 Å². The molecule has 1 aliphatic carbocycles. The molecular weight excluding hydrogens is 295 g/mol. The molecule has 0 amide bonds. The van der Waals surface area contributed by atoms with E-state index in [1.807, 2.05) is 24.3 Å². The molecule has 0 aliphatic heterocycles. The second-order valence-corrected chi connectivity index (χ2v) is 5.66. The first kappa shape index (κ1) is 15.5. The Balaban J connectivity index is 1.70. The van der Waals surface area contributed by atoms with E-state index in [-0.39, 0.29) is 17.9 Å². The molecule has 2 aromatic rings. The Bertz CT molecular complexity index is 690. The van der Waals surface area contributed by atoms with Crippen LogP contribution in [0.25, 0.3) is 0 Å². The van der Waals surface area contributed by atoms with Crippen LogP contribution in [0.15, 0.2) is 42.5 Å². The van der Waals surface area contributed by atoms with E-state index < -0.39 is 11.8 Å². The van der Waals surface area contributed by atoms with Crippen molar-refractivity contribution < 1.29 is 18.7 Å². The molecule has 0 aromatic heterocycles. The van der Waals surface area contributed by atoms with E-state index in [1.54, 1.807) is 6.92 Å². The predicted molar refractivity (Wildman–Crippen MR) is 85.5 cm³/mol. The quantitative estimate of drug-likeness (QED) is 0.723. The third-order valence-corrected chi connectivity index (χ3v) is 4.13. The highest BCUT2D eigenvalue weighted by atomic mass is 19.1. The van der Waals surface area contributed by atoms with E-state index in [4.69, 9.17) is 9.47 Å². The molecule has 2 aromatic carbocycles. The maximum Gasteiger partial charge on any atom is 0.338 e. The predicted octanol–water partition coefficient (Wildman–Crippen LogP) is 5.06. The minimum atomic E-state index is -0.585. The van der Waals surface area contributed by atoms with Gasteiger partial charge in [-0.05, 0) is 61.6 Å². The van der Waals surface area contributed by atoms with Gasteiger partial charge in [0.15, 0.2) is 11.6 Å². The summed E-state index contributed by atoms with van der Waals surface area (Å²) >= 11 is 0. The van der Waals surface area contributed by atoms with Crippen molar-refractivity contribution in [3.8, 4) is 11.5 Å². The first-order valence-electron chi connectivity index (χ1n) is 7.92. The van der Waals surface area contributed by atoms with Crippen molar-refractivity contribution in [2.75, 3.05) is 6.61 Å². The zero-order valence-corrected chi connectivity index (χ0v) is 13.0. The van der Waals surface area contributed by atoms with Gasteiger partial charge in [-0.25, -0.2) is 9.18 Å². The fraction of sp³-hybridized carbons (Fsp3) is 0.316. The average molecular weight is 314 g/mol. The number of esters is 1. The lowest BCUT2D eigenvalue weighted by molar-refractivity contribution is 0.0525. The number of carbonyl (C=O) groups is 1. The van der Waals surface area contributed by atoms with Crippen molar-refractivity contribution in [1.82, 2.24) is 0 Å². The van der Waals surface area contributed by atoms with Crippen LogP contribution in [0, 0.1) is 5.82 Å². The van der Waals surface area contributed by atoms with Crippen molar-refractivity contribution >= 4 is 5.97 Å². The van der Waals surface area contributed by atoms with Crippen LogP contribution >= 0.6 is 0 Å². The summed E-state index contributed by atoms with van der Waals surface area (Å²) in [4.78, 5) is 11.6. The van der Waals surface area contributed by atoms with Crippen LogP contribution in [0.3, 0.4) is 0 Å². The van der Waals surface area contributed by atoms with E-state index in [9.17, 15) is 9.18 Å². The van der Waals surface area contributed by atoms with Crippen molar-refractivity contribution in [2.45, 2.75) is 32.1 Å². The zero-order valence-electron chi connectivity index (χ0n) is 13.0. The second-order valence-electron chi connectivity index (χ2n) is 5.66. The Labute approximate surface area is 135 Å². The highest BCUT2D eigenvalue weighted by molar-refractivity contribution is 5.89. The van der Waals surface area contributed by atoms with Crippen molar-refractivity contribution in [3.63, 3.8) is 0 Å². The third kappa shape index (κ3) is 3.52. The first-order chi connectivity index (χ1) is 11.2. The highest BCUT2D eigenvalue weighted by Gasteiger charge is 2.19. The van der Waals surface area contributed by atoms with E-state index in [0.717, 1.165) is 6.07 Å². The van der Waals surface area contributed by atoms with Crippen LogP contribution in [0.4, 0.5) is 4.39 Å². The van der Waals surface area contributed by atoms with E-state index in [1.165, 1.54) is 37.0 Å². The number of hydrogen-bond acceptors (Lipinski definition) is 3. The highest BCUT2D eigenvalue weighted by Crippen LogP contribution is 2.37. The molecule has 0 radical (unpaired) electrons. The van der Waals surface area contributed by atoms with Gasteiger partial charge >= 0.3 is 5.97 Å². The lowest BCUT2D eigenvalue weighted by atomic mass is 9.80. The number of hydrogen-bond donors (Lipinski definition) is 0. The molecule has 0 heterocycles. The summed E-state index contributed by atoms with van der Waals surface area (Å²) in [5.41, 5.74) is 1.48. The number of ether oxygens (including phenoxy) is 2. The molecule has 1 saturated carbocycles. The van der Waals surface area contributed by atoms with Crippen LogP contribution in [-0.4, -0.2) is 12.6 Å². The molecule has 1 fully saturated rings. The van der Waals surface area contributed by atoms with Crippen LogP contribution < -0.4 is 4.74 Å². The summed E-state index contributed by atoms with van der Waals surface area (Å²) in [5, 5.41) is 0. The fourth-order valence-electron chi connectivity index (χ4n) is 2.60. The minimum Gasteiger partial charge on any atom is -0.462 e. The van der Waals surface area contributed by atoms with Crippen molar-refractivity contribution in [3.05, 3.63) is 59.4 Å². The molecule has 4 heteroatoms. The van der Waals surface area contributed by atoms with Gasteiger partial charge in [0.05, 0.1) is 12.2 Å². The van der Waals surface area contributed by atoms with E-state index in [2.05, 4.69) is 0 Å². The average Bonchev–Trinajstić information content (AvgIpc) is 2.49. The number of benzene rings is 2.